The molecule has 0 aliphatic heterocycles. The van der Waals surface area contributed by atoms with E-state index in [9.17, 15) is 9.59 Å². The van der Waals surface area contributed by atoms with Gasteiger partial charge < -0.3 is 10.1 Å². The molecule has 0 aliphatic carbocycles. The number of amides is 1. The normalized spacial score (nSPS) is 12.1. The molecule has 0 saturated heterocycles. The molecule has 2 rings (SSSR count). The second-order valence-electron chi connectivity index (χ2n) is 7.05. The molecule has 0 bridgehead atoms. The van der Waals surface area contributed by atoms with E-state index in [0.29, 0.717) is 12.8 Å². The van der Waals surface area contributed by atoms with Crippen LogP contribution in [0.5, 0.6) is 0 Å². The van der Waals surface area contributed by atoms with Crippen LogP contribution in [-0.4, -0.2) is 27.8 Å². The summed E-state index contributed by atoms with van der Waals surface area (Å²) in [6, 6.07) is 9.10. The van der Waals surface area contributed by atoms with Gasteiger partial charge in [0, 0.05) is 19.2 Å². The van der Waals surface area contributed by atoms with Gasteiger partial charge >= 0.3 is 5.97 Å². The van der Waals surface area contributed by atoms with Crippen molar-refractivity contribution in [2.75, 3.05) is 0 Å². The molecule has 6 heteroatoms. The van der Waals surface area contributed by atoms with Crippen LogP contribution in [-0.2, 0) is 27.8 Å². The second kappa shape index (κ2) is 9.35. The van der Waals surface area contributed by atoms with Crippen LogP contribution in [0.1, 0.15) is 55.2 Å². The van der Waals surface area contributed by atoms with Crippen molar-refractivity contribution in [2.24, 2.45) is 7.05 Å². The van der Waals surface area contributed by atoms with Crippen LogP contribution in [0.25, 0.3) is 0 Å². The molecule has 1 unspecified atom stereocenters. The highest BCUT2D eigenvalue weighted by Gasteiger charge is 2.20. The average Bonchev–Trinajstić information content (AvgIpc) is 2.84. The number of benzene rings is 1. The van der Waals surface area contributed by atoms with Crippen molar-refractivity contribution in [1.29, 1.82) is 0 Å². The van der Waals surface area contributed by atoms with Gasteiger partial charge in [-0.2, -0.15) is 5.10 Å². The van der Waals surface area contributed by atoms with E-state index in [-0.39, 0.29) is 24.4 Å². The number of hydrogen-bond acceptors (Lipinski definition) is 4. The standard InChI is InChI=1S/C21H29N3O3/c1-14(2)27-21(26)13-19(17-9-7-6-8-10-17)22-20(25)12-11-18-15(3)23-24(5)16(18)4/h6-10,14,19H,11-13H2,1-5H3,(H,22,25). The summed E-state index contributed by atoms with van der Waals surface area (Å²) >= 11 is 0. The zero-order valence-electron chi connectivity index (χ0n) is 16.8. The number of carbonyl (C=O) groups is 2. The molecule has 1 N–H and O–H groups in total. The topological polar surface area (TPSA) is 73.2 Å². The summed E-state index contributed by atoms with van der Waals surface area (Å²) in [6.07, 6.45) is 0.894. The van der Waals surface area contributed by atoms with Crippen molar-refractivity contribution in [1.82, 2.24) is 15.1 Å². The minimum absolute atomic E-state index is 0.0937. The third-order valence-corrected chi connectivity index (χ3v) is 4.54. The fourth-order valence-electron chi connectivity index (χ4n) is 3.10. The Balaban J connectivity index is 2.03. The van der Waals surface area contributed by atoms with E-state index < -0.39 is 6.04 Å². The zero-order chi connectivity index (χ0) is 20.0. The highest BCUT2D eigenvalue weighted by molar-refractivity contribution is 5.78. The summed E-state index contributed by atoms with van der Waals surface area (Å²) in [7, 11) is 1.90. The monoisotopic (exact) mass is 371 g/mol. The van der Waals surface area contributed by atoms with E-state index in [1.807, 2.05) is 69.8 Å². The summed E-state index contributed by atoms with van der Waals surface area (Å²) in [5.74, 6) is -0.415. The van der Waals surface area contributed by atoms with E-state index >= 15 is 0 Å². The summed E-state index contributed by atoms with van der Waals surface area (Å²) < 4.78 is 7.08. The molecule has 2 aromatic rings. The summed E-state index contributed by atoms with van der Waals surface area (Å²) in [5, 5.41) is 7.37. The first-order valence-corrected chi connectivity index (χ1v) is 9.30. The molecule has 0 radical (unpaired) electrons. The van der Waals surface area contributed by atoms with Crippen LogP contribution in [0.15, 0.2) is 30.3 Å². The van der Waals surface area contributed by atoms with E-state index in [0.717, 1.165) is 22.5 Å². The van der Waals surface area contributed by atoms with Crippen LogP contribution in [0.3, 0.4) is 0 Å². The van der Waals surface area contributed by atoms with Gasteiger partial charge in [0.05, 0.1) is 24.3 Å². The van der Waals surface area contributed by atoms with Crippen molar-refractivity contribution in [2.45, 2.75) is 59.1 Å². The molecule has 1 amide bonds. The van der Waals surface area contributed by atoms with Gasteiger partial charge in [-0.15, -0.1) is 0 Å². The van der Waals surface area contributed by atoms with Crippen LogP contribution >= 0.6 is 0 Å². The predicted molar refractivity (Wildman–Crippen MR) is 104 cm³/mol. The number of nitrogens with zero attached hydrogens (tertiary/aromatic N) is 2. The quantitative estimate of drug-likeness (QED) is 0.724. The zero-order valence-corrected chi connectivity index (χ0v) is 16.8. The number of nitrogens with one attached hydrogen (secondary N) is 1. The minimum atomic E-state index is -0.402. The smallest absolute Gasteiger partial charge is 0.308 e. The Bertz CT molecular complexity index is 781. The van der Waals surface area contributed by atoms with Crippen molar-refractivity contribution in [3.05, 3.63) is 52.8 Å². The molecule has 146 valence electrons. The van der Waals surface area contributed by atoms with Crippen molar-refractivity contribution >= 4 is 11.9 Å². The molecule has 0 aliphatic rings. The summed E-state index contributed by atoms with van der Waals surface area (Å²) in [4.78, 5) is 24.6. The number of carbonyl (C=O) groups excluding carboxylic acids is 2. The Kier molecular flexibility index (Phi) is 7.16. The molecular formula is C21H29N3O3. The highest BCUT2D eigenvalue weighted by Crippen LogP contribution is 2.19. The lowest BCUT2D eigenvalue weighted by Gasteiger charge is -2.19. The lowest BCUT2D eigenvalue weighted by atomic mass is 10.0. The minimum Gasteiger partial charge on any atom is -0.463 e. The summed E-state index contributed by atoms with van der Waals surface area (Å²) in [6.45, 7) is 7.58. The van der Waals surface area contributed by atoms with Gasteiger partial charge in [-0.05, 0) is 45.2 Å². The fraction of sp³-hybridized carbons (Fsp3) is 0.476. The fourth-order valence-corrected chi connectivity index (χ4v) is 3.10. The highest BCUT2D eigenvalue weighted by atomic mass is 16.5. The number of aryl methyl sites for hydroxylation is 2. The molecule has 6 nitrogen and oxygen atoms in total. The van der Waals surface area contributed by atoms with Gasteiger partial charge in [-0.1, -0.05) is 30.3 Å². The van der Waals surface area contributed by atoms with Crippen molar-refractivity contribution < 1.29 is 14.3 Å². The predicted octanol–water partition coefficient (Wildman–Crippen LogP) is 3.17. The molecule has 1 aromatic carbocycles. The van der Waals surface area contributed by atoms with Crippen LogP contribution < -0.4 is 5.32 Å². The van der Waals surface area contributed by atoms with E-state index in [2.05, 4.69) is 10.4 Å². The van der Waals surface area contributed by atoms with E-state index in [1.54, 1.807) is 0 Å². The van der Waals surface area contributed by atoms with E-state index in [4.69, 9.17) is 4.74 Å². The maximum absolute atomic E-state index is 12.5. The second-order valence-corrected chi connectivity index (χ2v) is 7.05. The Labute approximate surface area is 160 Å². The molecule has 1 atom stereocenters. The van der Waals surface area contributed by atoms with Gasteiger partial charge in [0.25, 0.3) is 0 Å². The molecular weight excluding hydrogens is 342 g/mol. The first-order chi connectivity index (χ1) is 12.8. The SMILES string of the molecule is Cc1nn(C)c(C)c1CCC(=O)NC(CC(=O)OC(C)C)c1ccccc1. The van der Waals surface area contributed by atoms with Gasteiger partial charge in [-0.3, -0.25) is 14.3 Å². The number of hydrogen-bond donors (Lipinski definition) is 1. The van der Waals surface area contributed by atoms with Crippen molar-refractivity contribution in [3.63, 3.8) is 0 Å². The largest absolute Gasteiger partial charge is 0.463 e. The molecule has 0 fully saturated rings. The van der Waals surface area contributed by atoms with Crippen molar-refractivity contribution in [3.8, 4) is 0 Å². The molecule has 0 saturated carbocycles. The van der Waals surface area contributed by atoms with Gasteiger partial charge in [0.2, 0.25) is 5.91 Å². The third-order valence-electron chi connectivity index (χ3n) is 4.54. The molecule has 1 aromatic heterocycles. The Morgan fingerprint density at radius 3 is 2.41 bits per heavy atom. The van der Waals surface area contributed by atoms with Crippen LogP contribution in [0.2, 0.25) is 0 Å². The first-order valence-electron chi connectivity index (χ1n) is 9.30. The number of aromatic nitrogens is 2. The lowest BCUT2D eigenvalue weighted by molar-refractivity contribution is -0.148. The van der Waals surface area contributed by atoms with Gasteiger partial charge in [0.15, 0.2) is 0 Å². The number of esters is 1. The number of rotatable bonds is 8. The lowest BCUT2D eigenvalue weighted by Crippen LogP contribution is -2.31. The third kappa shape index (κ3) is 5.94. The Morgan fingerprint density at radius 2 is 1.85 bits per heavy atom. The van der Waals surface area contributed by atoms with Gasteiger partial charge in [-0.25, -0.2) is 0 Å². The maximum atomic E-state index is 12.5. The molecule has 27 heavy (non-hydrogen) atoms. The van der Waals surface area contributed by atoms with Crippen LogP contribution in [0.4, 0.5) is 0 Å². The first kappa shape index (κ1) is 20.7. The van der Waals surface area contributed by atoms with Gasteiger partial charge in [0.1, 0.15) is 0 Å². The molecule has 1 heterocycles. The Morgan fingerprint density at radius 1 is 1.19 bits per heavy atom. The number of ether oxygens (including phenoxy) is 1. The van der Waals surface area contributed by atoms with Crippen LogP contribution in [0, 0.1) is 13.8 Å². The molecule has 0 spiro atoms. The average molecular weight is 371 g/mol. The Hall–Kier alpha value is -2.63. The summed E-state index contributed by atoms with van der Waals surface area (Å²) in [5.41, 5.74) is 4.01. The maximum Gasteiger partial charge on any atom is 0.308 e. The van der Waals surface area contributed by atoms with E-state index in [1.165, 1.54) is 0 Å².